The van der Waals surface area contributed by atoms with E-state index in [1.165, 1.54) is 17.0 Å². The van der Waals surface area contributed by atoms with Gasteiger partial charge >= 0.3 is 0 Å². The van der Waals surface area contributed by atoms with E-state index in [1.54, 1.807) is 0 Å². The highest BCUT2D eigenvalue weighted by Gasteiger charge is 2.09. The average Bonchev–Trinajstić information content (AvgIpc) is 2.61. The van der Waals surface area contributed by atoms with Crippen LogP contribution in [0.2, 0.25) is 0 Å². The molecular weight excluding hydrogens is 184 g/mol. The van der Waals surface area contributed by atoms with Crippen molar-refractivity contribution in [1.29, 1.82) is 0 Å². The van der Waals surface area contributed by atoms with Gasteiger partial charge in [0.15, 0.2) is 0 Å². The van der Waals surface area contributed by atoms with Crippen molar-refractivity contribution in [3.8, 4) is 11.3 Å². The largest absolute Gasteiger partial charge is 0.342 e. The molecule has 0 spiro atoms. The zero-order chi connectivity index (χ0) is 10.8. The first-order valence-corrected chi connectivity index (χ1v) is 5.28. The molecule has 2 heteroatoms. The Morgan fingerprint density at radius 3 is 2.33 bits per heavy atom. The van der Waals surface area contributed by atoms with Gasteiger partial charge in [0, 0.05) is 35.4 Å². The van der Waals surface area contributed by atoms with Gasteiger partial charge in [-0.05, 0) is 45.0 Å². The molecule has 0 bridgehead atoms. The summed E-state index contributed by atoms with van der Waals surface area (Å²) in [6.45, 7) is 6.56. The molecule has 2 nitrogen and oxygen atoms in total. The molecule has 0 N–H and O–H groups in total. The van der Waals surface area contributed by atoms with Gasteiger partial charge in [-0.2, -0.15) is 0 Å². The molecule has 0 aliphatic rings. The first-order valence-electron chi connectivity index (χ1n) is 5.28. The lowest BCUT2D eigenvalue weighted by Crippen LogP contribution is -2.04. The molecular formula is C13H16N2. The van der Waals surface area contributed by atoms with E-state index in [4.69, 9.17) is 0 Å². The average molecular weight is 200 g/mol. The Bertz CT molecular complexity index is 441. The number of aromatic nitrogens is 2. The number of hydrogen-bond donors (Lipinski definition) is 0. The maximum Gasteiger partial charge on any atom is 0.0485 e. The fraction of sp³-hybridized carbons (Fsp3) is 0.308. The van der Waals surface area contributed by atoms with Gasteiger partial charge in [-0.1, -0.05) is 0 Å². The van der Waals surface area contributed by atoms with Crippen LogP contribution in [-0.4, -0.2) is 9.55 Å². The molecule has 0 radical (unpaired) electrons. The van der Waals surface area contributed by atoms with Crippen LogP contribution in [0.1, 0.15) is 25.6 Å². The van der Waals surface area contributed by atoms with Crippen molar-refractivity contribution in [2.75, 3.05) is 0 Å². The van der Waals surface area contributed by atoms with E-state index in [2.05, 4.69) is 42.5 Å². The second kappa shape index (κ2) is 3.89. The van der Waals surface area contributed by atoms with E-state index >= 15 is 0 Å². The van der Waals surface area contributed by atoms with Crippen molar-refractivity contribution in [2.24, 2.45) is 0 Å². The van der Waals surface area contributed by atoms with Crippen LogP contribution >= 0.6 is 0 Å². The highest BCUT2D eigenvalue weighted by molar-refractivity contribution is 5.60. The van der Waals surface area contributed by atoms with Gasteiger partial charge in [-0.3, -0.25) is 4.98 Å². The Balaban J connectivity index is 2.54. The monoisotopic (exact) mass is 200 g/mol. The lowest BCUT2D eigenvalue weighted by atomic mass is 10.2. The van der Waals surface area contributed by atoms with E-state index in [9.17, 15) is 0 Å². The van der Waals surface area contributed by atoms with Crippen LogP contribution in [0.3, 0.4) is 0 Å². The lowest BCUT2D eigenvalue weighted by molar-refractivity contribution is 0.595. The van der Waals surface area contributed by atoms with Crippen molar-refractivity contribution >= 4 is 0 Å². The zero-order valence-corrected chi connectivity index (χ0v) is 9.44. The van der Waals surface area contributed by atoms with Gasteiger partial charge in [-0.15, -0.1) is 0 Å². The van der Waals surface area contributed by atoms with Crippen molar-refractivity contribution in [1.82, 2.24) is 9.55 Å². The number of aryl methyl sites for hydroxylation is 1. The molecule has 15 heavy (non-hydrogen) atoms. The molecule has 2 aromatic rings. The molecule has 0 atom stereocenters. The summed E-state index contributed by atoms with van der Waals surface area (Å²) in [5.74, 6) is 0. The molecule has 2 rings (SSSR count). The van der Waals surface area contributed by atoms with Gasteiger partial charge in [0.2, 0.25) is 0 Å². The third-order valence-corrected chi connectivity index (χ3v) is 2.61. The molecule has 0 saturated carbocycles. The van der Waals surface area contributed by atoms with Gasteiger partial charge in [0.25, 0.3) is 0 Å². The van der Waals surface area contributed by atoms with Crippen molar-refractivity contribution in [2.45, 2.75) is 26.8 Å². The molecule has 0 amide bonds. The number of pyridine rings is 1. The van der Waals surface area contributed by atoms with Crippen LogP contribution in [0.15, 0.2) is 36.7 Å². The predicted molar refractivity (Wildman–Crippen MR) is 62.8 cm³/mol. The predicted octanol–water partition coefficient (Wildman–Crippen LogP) is 3.44. The van der Waals surface area contributed by atoms with E-state index in [0.717, 1.165) is 0 Å². The molecule has 0 fully saturated rings. The van der Waals surface area contributed by atoms with Gasteiger partial charge < -0.3 is 4.57 Å². The van der Waals surface area contributed by atoms with E-state index in [1.807, 2.05) is 24.5 Å². The van der Waals surface area contributed by atoms with Gasteiger partial charge in [0.1, 0.15) is 0 Å². The molecule has 0 aliphatic carbocycles. The van der Waals surface area contributed by atoms with Gasteiger partial charge in [-0.25, -0.2) is 0 Å². The van der Waals surface area contributed by atoms with Crippen molar-refractivity contribution in [3.63, 3.8) is 0 Å². The van der Waals surface area contributed by atoms with E-state index in [0.29, 0.717) is 6.04 Å². The number of rotatable bonds is 2. The maximum absolute atomic E-state index is 4.04. The molecule has 78 valence electrons. The first-order chi connectivity index (χ1) is 7.20. The van der Waals surface area contributed by atoms with E-state index < -0.39 is 0 Å². The summed E-state index contributed by atoms with van der Waals surface area (Å²) in [7, 11) is 0. The number of hydrogen-bond acceptors (Lipinski definition) is 1. The van der Waals surface area contributed by atoms with E-state index in [-0.39, 0.29) is 0 Å². The molecule has 0 unspecified atom stereocenters. The zero-order valence-electron chi connectivity index (χ0n) is 9.44. The molecule has 2 aromatic heterocycles. The Morgan fingerprint density at radius 2 is 1.73 bits per heavy atom. The Labute approximate surface area is 90.6 Å². The second-order valence-corrected chi connectivity index (χ2v) is 4.06. The third-order valence-electron chi connectivity index (χ3n) is 2.61. The van der Waals surface area contributed by atoms with Crippen LogP contribution < -0.4 is 0 Å². The summed E-state index contributed by atoms with van der Waals surface area (Å²) < 4.78 is 2.34. The highest BCUT2D eigenvalue weighted by atomic mass is 15.0. The van der Waals surface area contributed by atoms with Gasteiger partial charge in [0.05, 0.1) is 0 Å². The summed E-state index contributed by atoms with van der Waals surface area (Å²) in [4.78, 5) is 4.04. The fourth-order valence-electron chi connectivity index (χ4n) is 1.99. The summed E-state index contributed by atoms with van der Waals surface area (Å²) in [6, 6.07) is 8.92. The molecule has 0 aromatic carbocycles. The number of nitrogens with zero attached hydrogens (tertiary/aromatic N) is 2. The summed E-state index contributed by atoms with van der Waals surface area (Å²) >= 11 is 0. The second-order valence-electron chi connectivity index (χ2n) is 4.06. The minimum absolute atomic E-state index is 0.489. The quantitative estimate of drug-likeness (QED) is 0.726. The summed E-state index contributed by atoms with van der Waals surface area (Å²) in [5.41, 5.74) is 3.80. The van der Waals surface area contributed by atoms with Crippen LogP contribution in [0.4, 0.5) is 0 Å². The summed E-state index contributed by atoms with van der Waals surface area (Å²) in [5, 5.41) is 0. The Hall–Kier alpha value is -1.57. The molecule has 2 heterocycles. The summed E-state index contributed by atoms with van der Waals surface area (Å²) in [6.07, 6.45) is 3.67. The van der Waals surface area contributed by atoms with Crippen LogP contribution in [0.25, 0.3) is 11.3 Å². The molecule has 0 aliphatic heterocycles. The fourth-order valence-corrected chi connectivity index (χ4v) is 1.99. The Morgan fingerprint density at radius 1 is 1.07 bits per heavy atom. The maximum atomic E-state index is 4.04. The van der Waals surface area contributed by atoms with Crippen LogP contribution in [0.5, 0.6) is 0 Å². The standard InChI is InChI=1S/C13H16N2/c1-10(2)15-11(3)4-5-13(15)12-6-8-14-9-7-12/h4-10H,1-3H3. The minimum atomic E-state index is 0.489. The van der Waals surface area contributed by atoms with Crippen molar-refractivity contribution < 1.29 is 0 Å². The van der Waals surface area contributed by atoms with Crippen molar-refractivity contribution in [3.05, 3.63) is 42.4 Å². The first kappa shape index (κ1) is 9.97. The van der Waals surface area contributed by atoms with Crippen LogP contribution in [-0.2, 0) is 0 Å². The SMILES string of the molecule is Cc1ccc(-c2ccncc2)n1C(C)C. The highest BCUT2D eigenvalue weighted by Crippen LogP contribution is 2.25. The Kier molecular flexibility index (Phi) is 2.58. The minimum Gasteiger partial charge on any atom is -0.342 e. The van der Waals surface area contributed by atoms with Crippen LogP contribution in [0, 0.1) is 6.92 Å². The normalized spacial score (nSPS) is 10.9. The topological polar surface area (TPSA) is 17.8 Å². The lowest BCUT2D eigenvalue weighted by Gasteiger charge is -2.15. The third kappa shape index (κ3) is 1.80. The smallest absolute Gasteiger partial charge is 0.0485 e. The molecule has 0 saturated heterocycles.